The zero-order chi connectivity index (χ0) is 23.4. The van der Waals surface area contributed by atoms with Crippen LogP contribution in [0.15, 0.2) is 47.4 Å². The van der Waals surface area contributed by atoms with Crippen molar-refractivity contribution in [2.45, 2.75) is 4.90 Å². The SMILES string of the molecule is NC(=O)c1ccc(NC(=O)c2cc(S(=O)(=O)N3CCOCC3)ccc2N2CCOCC2)cc1. The molecule has 2 aromatic rings. The van der Waals surface area contributed by atoms with Gasteiger partial charge in [-0.3, -0.25) is 9.59 Å². The lowest BCUT2D eigenvalue weighted by molar-refractivity contribution is 0.0730. The second kappa shape index (κ2) is 9.87. The lowest BCUT2D eigenvalue weighted by Crippen LogP contribution is -2.41. The van der Waals surface area contributed by atoms with Crippen molar-refractivity contribution in [3.05, 3.63) is 53.6 Å². The molecule has 0 spiro atoms. The highest BCUT2D eigenvalue weighted by Gasteiger charge is 2.29. The Kier molecular flexibility index (Phi) is 6.94. The first-order valence-corrected chi connectivity index (χ1v) is 12.1. The summed E-state index contributed by atoms with van der Waals surface area (Å²) in [6, 6.07) is 10.8. The van der Waals surface area contributed by atoms with Crippen LogP contribution in [0.4, 0.5) is 11.4 Å². The van der Waals surface area contributed by atoms with E-state index in [-0.39, 0.29) is 23.5 Å². The molecule has 33 heavy (non-hydrogen) atoms. The van der Waals surface area contributed by atoms with Gasteiger partial charge in [0.2, 0.25) is 15.9 Å². The monoisotopic (exact) mass is 474 g/mol. The smallest absolute Gasteiger partial charge is 0.257 e. The summed E-state index contributed by atoms with van der Waals surface area (Å²) in [6.45, 7) is 3.40. The first-order valence-electron chi connectivity index (χ1n) is 10.6. The summed E-state index contributed by atoms with van der Waals surface area (Å²) in [4.78, 5) is 26.6. The Balaban J connectivity index is 1.67. The van der Waals surface area contributed by atoms with Gasteiger partial charge < -0.3 is 25.4 Å². The molecule has 0 bridgehead atoms. The molecule has 2 amide bonds. The van der Waals surface area contributed by atoms with Crippen LogP contribution < -0.4 is 16.0 Å². The number of nitrogens with two attached hydrogens (primary N) is 1. The van der Waals surface area contributed by atoms with Crippen molar-refractivity contribution in [2.75, 3.05) is 62.8 Å². The topological polar surface area (TPSA) is 131 Å². The minimum atomic E-state index is -3.77. The van der Waals surface area contributed by atoms with E-state index in [1.54, 1.807) is 18.2 Å². The van der Waals surface area contributed by atoms with E-state index in [0.29, 0.717) is 56.5 Å². The van der Waals surface area contributed by atoms with E-state index < -0.39 is 21.8 Å². The maximum atomic E-state index is 13.3. The molecular formula is C22H26N4O6S. The van der Waals surface area contributed by atoms with Crippen molar-refractivity contribution in [1.82, 2.24) is 4.31 Å². The van der Waals surface area contributed by atoms with Crippen molar-refractivity contribution < 1.29 is 27.5 Å². The molecule has 11 heteroatoms. The van der Waals surface area contributed by atoms with Gasteiger partial charge in [0.15, 0.2) is 0 Å². The van der Waals surface area contributed by atoms with Gasteiger partial charge in [-0.2, -0.15) is 4.31 Å². The Hall–Kier alpha value is -2.99. The Labute approximate surface area is 192 Å². The molecule has 0 radical (unpaired) electrons. The third kappa shape index (κ3) is 5.17. The lowest BCUT2D eigenvalue weighted by atomic mass is 10.1. The summed E-state index contributed by atoms with van der Waals surface area (Å²) in [5, 5.41) is 2.78. The summed E-state index contributed by atoms with van der Waals surface area (Å²) >= 11 is 0. The number of primary amides is 1. The first kappa shape index (κ1) is 23.2. The molecule has 2 aliphatic heterocycles. The molecule has 2 aromatic carbocycles. The molecule has 4 rings (SSSR count). The Bertz CT molecular complexity index is 1120. The van der Waals surface area contributed by atoms with E-state index in [1.807, 2.05) is 4.90 Å². The highest BCUT2D eigenvalue weighted by molar-refractivity contribution is 7.89. The number of carbonyl (C=O) groups is 2. The molecule has 3 N–H and O–H groups in total. The minimum Gasteiger partial charge on any atom is -0.379 e. The predicted octanol–water partition coefficient (Wildman–Crippen LogP) is 0.895. The Morgan fingerprint density at radius 2 is 1.48 bits per heavy atom. The van der Waals surface area contributed by atoms with E-state index in [0.717, 1.165) is 0 Å². The van der Waals surface area contributed by atoms with E-state index in [1.165, 1.54) is 28.6 Å². The number of hydrogen-bond donors (Lipinski definition) is 2. The van der Waals surface area contributed by atoms with Crippen LogP contribution in [-0.2, 0) is 19.5 Å². The zero-order valence-electron chi connectivity index (χ0n) is 18.0. The van der Waals surface area contributed by atoms with Crippen molar-refractivity contribution in [3.63, 3.8) is 0 Å². The highest BCUT2D eigenvalue weighted by Crippen LogP contribution is 2.28. The molecule has 0 aliphatic carbocycles. The van der Waals surface area contributed by atoms with Crippen LogP contribution in [0, 0.1) is 0 Å². The third-order valence-electron chi connectivity index (χ3n) is 5.60. The molecule has 176 valence electrons. The van der Waals surface area contributed by atoms with Crippen LogP contribution in [0.25, 0.3) is 0 Å². The van der Waals surface area contributed by atoms with E-state index >= 15 is 0 Å². The van der Waals surface area contributed by atoms with Gasteiger partial charge in [0, 0.05) is 43.1 Å². The Morgan fingerprint density at radius 3 is 2.09 bits per heavy atom. The fraction of sp³-hybridized carbons (Fsp3) is 0.364. The number of anilines is 2. The number of amides is 2. The predicted molar refractivity (Wildman–Crippen MR) is 122 cm³/mol. The number of sulfonamides is 1. The van der Waals surface area contributed by atoms with Crippen molar-refractivity contribution in [1.29, 1.82) is 0 Å². The number of hydrogen-bond acceptors (Lipinski definition) is 7. The maximum Gasteiger partial charge on any atom is 0.257 e. The number of carbonyl (C=O) groups excluding carboxylic acids is 2. The quantitative estimate of drug-likeness (QED) is 0.636. The molecule has 10 nitrogen and oxygen atoms in total. The standard InChI is InChI=1S/C22H26N4O6S/c23-21(27)16-1-3-17(4-2-16)24-22(28)19-15-18(33(29,30)26-9-13-32-14-10-26)5-6-20(19)25-7-11-31-12-8-25/h1-6,15H,7-14H2,(H2,23,27)(H,24,28). The summed E-state index contributed by atoms with van der Waals surface area (Å²) in [7, 11) is -3.77. The van der Waals surface area contributed by atoms with Crippen LogP contribution in [0.1, 0.15) is 20.7 Å². The molecule has 0 aromatic heterocycles. The second-order valence-electron chi connectivity index (χ2n) is 7.69. The normalized spacial score (nSPS) is 17.5. The van der Waals surface area contributed by atoms with Crippen molar-refractivity contribution in [3.8, 4) is 0 Å². The minimum absolute atomic E-state index is 0.0515. The number of ether oxygens (including phenoxy) is 2. The number of benzene rings is 2. The van der Waals surface area contributed by atoms with Gasteiger partial charge in [-0.1, -0.05) is 0 Å². The molecule has 0 saturated carbocycles. The van der Waals surface area contributed by atoms with Crippen molar-refractivity contribution in [2.24, 2.45) is 5.73 Å². The second-order valence-corrected chi connectivity index (χ2v) is 9.63. The molecule has 2 heterocycles. The molecular weight excluding hydrogens is 448 g/mol. The summed E-state index contributed by atoms with van der Waals surface area (Å²) in [5.74, 6) is -1.02. The number of nitrogens with one attached hydrogen (secondary N) is 1. The van der Waals surface area contributed by atoms with Crippen LogP contribution in [0.5, 0.6) is 0 Å². The largest absolute Gasteiger partial charge is 0.379 e. The molecule has 0 unspecified atom stereocenters. The molecule has 0 atom stereocenters. The highest BCUT2D eigenvalue weighted by atomic mass is 32.2. The van der Waals surface area contributed by atoms with Gasteiger partial charge in [-0.25, -0.2) is 8.42 Å². The summed E-state index contributed by atoms with van der Waals surface area (Å²) in [5.41, 5.74) is 6.92. The van der Waals surface area contributed by atoms with Crippen LogP contribution in [0.3, 0.4) is 0 Å². The fourth-order valence-electron chi connectivity index (χ4n) is 3.79. The fourth-order valence-corrected chi connectivity index (χ4v) is 5.22. The summed E-state index contributed by atoms with van der Waals surface area (Å²) in [6.07, 6.45) is 0. The third-order valence-corrected chi connectivity index (χ3v) is 7.49. The van der Waals surface area contributed by atoms with Gasteiger partial charge in [0.1, 0.15) is 0 Å². The van der Waals surface area contributed by atoms with Gasteiger partial charge in [-0.15, -0.1) is 0 Å². The van der Waals surface area contributed by atoms with Crippen LogP contribution >= 0.6 is 0 Å². The van der Waals surface area contributed by atoms with Gasteiger partial charge in [-0.05, 0) is 42.5 Å². The number of rotatable bonds is 6. The average Bonchev–Trinajstić information content (AvgIpc) is 2.85. The van der Waals surface area contributed by atoms with Crippen LogP contribution in [0.2, 0.25) is 0 Å². The van der Waals surface area contributed by atoms with E-state index in [9.17, 15) is 18.0 Å². The van der Waals surface area contributed by atoms with Gasteiger partial charge >= 0.3 is 0 Å². The maximum absolute atomic E-state index is 13.3. The van der Waals surface area contributed by atoms with Crippen molar-refractivity contribution >= 4 is 33.2 Å². The molecule has 2 aliphatic rings. The average molecular weight is 475 g/mol. The zero-order valence-corrected chi connectivity index (χ0v) is 18.8. The number of morpholine rings is 2. The van der Waals surface area contributed by atoms with Gasteiger partial charge in [0.25, 0.3) is 5.91 Å². The molecule has 2 fully saturated rings. The van der Waals surface area contributed by atoms with E-state index in [4.69, 9.17) is 15.2 Å². The van der Waals surface area contributed by atoms with E-state index in [2.05, 4.69) is 5.32 Å². The Morgan fingerprint density at radius 1 is 0.879 bits per heavy atom. The molecule has 2 saturated heterocycles. The number of nitrogens with zero attached hydrogens (tertiary/aromatic N) is 2. The van der Waals surface area contributed by atoms with Gasteiger partial charge in [0.05, 0.1) is 36.9 Å². The first-order chi connectivity index (χ1) is 15.9. The summed E-state index contributed by atoms with van der Waals surface area (Å²) < 4.78 is 38.4. The van der Waals surface area contributed by atoms with Crippen LogP contribution in [-0.4, -0.2) is 77.1 Å². The lowest BCUT2D eigenvalue weighted by Gasteiger charge is -2.31.